The summed E-state index contributed by atoms with van der Waals surface area (Å²) in [5, 5.41) is 8.15. The highest BCUT2D eigenvalue weighted by Gasteiger charge is 2.11. The molecule has 0 aromatic carbocycles. The lowest BCUT2D eigenvalue weighted by Gasteiger charge is -2.02. The second-order valence-electron chi connectivity index (χ2n) is 4.08. The molecule has 0 bridgehead atoms. The van der Waals surface area contributed by atoms with Gasteiger partial charge in [0.05, 0.1) is 27.5 Å². The first-order valence-corrected chi connectivity index (χ1v) is 6.93. The molecule has 2 aromatic rings. The molecule has 2 heterocycles. The molecule has 0 radical (unpaired) electrons. The Hall–Kier alpha value is -1.73. The Bertz CT molecular complexity index is 664. The fraction of sp³-hybridized carbons (Fsp3) is 0.250. The maximum atomic E-state index is 12.7. The van der Waals surface area contributed by atoms with Crippen LogP contribution in [0.15, 0.2) is 17.2 Å². The summed E-state index contributed by atoms with van der Waals surface area (Å²) in [6, 6.07) is 2.92. The van der Waals surface area contributed by atoms with E-state index in [0.29, 0.717) is 15.6 Å². The van der Waals surface area contributed by atoms with E-state index in [0.717, 1.165) is 17.0 Å². The Balaban J connectivity index is 1.92. The normalized spacial score (nSPS) is 11.2. The van der Waals surface area contributed by atoms with Gasteiger partial charge >= 0.3 is 0 Å². The summed E-state index contributed by atoms with van der Waals surface area (Å²) in [5.41, 5.74) is 3.76. The highest BCUT2D eigenvalue weighted by Crippen LogP contribution is 2.18. The summed E-state index contributed by atoms with van der Waals surface area (Å²) in [7, 11) is 0. The predicted octanol–water partition coefficient (Wildman–Crippen LogP) is 2.50. The van der Waals surface area contributed by atoms with Crippen molar-refractivity contribution >= 4 is 35.1 Å². The van der Waals surface area contributed by atoms with E-state index in [1.807, 2.05) is 0 Å². The molecule has 0 saturated carbocycles. The number of carbonyl (C=O) groups excluding carboxylic acids is 1. The summed E-state index contributed by atoms with van der Waals surface area (Å²) in [4.78, 5) is 12.3. The van der Waals surface area contributed by atoms with Crippen molar-refractivity contribution in [2.24, 2.45) is 5.10 Å². The Morgan fingerprint density at radius 3 is 2.90 bits per heavy atom. The Morgan fingerprint density at radius 2 is 2.35 bits per heavy atom. The van der Waals surface area contributed by atoms with E-state index in [1.165, 1.54) is 17.0 Å². The monoisotopic (exact) mass is 314 g/mol. The second kappa shape index (κ2) is 6.15. The number of nitrogens with zero attached hydrogens (tertiary/aromatic N) is 3. The fourth-order valence-corrected chi connectivity index (χ4v) is 2.30. The number of amides is 1. The third-order valence-electron chi connectivity index (χ3n) is 2.56. The molecule has 2 rings (SSSR count). The first-order valence-electron chi connectivity index (χ1n) is 5.74. The number of nitrogens with one attached hydrogen (secondary N) is 1. The number of aromatic nitrogens is 2. The molecule has 8 heteroatoms. The van der Waals surface area contributed by atoms with Gasteiger partial charge in [0.15, 0.2) is 5.13 Å². The van der Waals surface area contributed by atoms with Crippen molar-refractivity contribution in [3.05, 3.63) is 38.6 Å². The molecule has 0 spiro atoms. The van der Waals surface area contributed by atoms with E-state index in [1.54, 1.807) is 19.9 Å². The number of rotatable bonds is 4. The third-order valence-corrected chi connectivity index (χ3v) is 3.92. The Morgan fingerprint density at radius 1 is 1.60 bits per heavy atom. The van der Waals surface area contributed by atoms with Crippen molar-refractivity contribution in [2.75, 3.05) is 0 Å². The minimum atomic E-state index is -0.333. The van der Waals surface area contributed by atoms with Gasteiger partial charge in [-0.3, -0.25) is 9.48 Å². The first kappa shape index (κ1) is 14.7. The minimum absolute atomic E-state index is 0.0233. The Labute approximate surface area is 124 Å². The number of halogens is 2. The van der Waals surface area contributed by atoms with Crippen molar-refractivity contribution < 1.29 is 9.18 Å². The van der Waals surface area contributed by atoms with Crippen LogP contribution in [-0.2, 0) is 11.3 Å². The lowest BCUT2D eigenvalue weighted by Crippen LogP contribution is -2.24. The van der Waals surface area contributed by atoms with Gasteiger partial charge in [-0.1, -0.05) is 11.6 Å². The molecule has 20 heavy (non-hydrogen) atoms. The summed E-state index contributed by atoms with van der Waals surface area (Å²) in [5.74, 6) is -0.333. The van der Waals surface area contributed by atoms with E-state index >= 15 is 0 Å². The number of aryl methyl sites for hydroxylation is 1. The van der Waals surface area contributed by atoms with Crippen LogP contribution in [-0.4, -0.2) is 21.9 Å². The number of hydrazone groups is 1. The summed E-state index contributed by atoms with van der Waals surface area (Å²) in [6.45, 7) is 3.58. The van der Waals surface area contributed by atoms with Crippen LogP contribution in [0.25, 0.3) is 0 Å². The summed E-state index contributed by atoms with van der Waals surface area (Å²) in [6.07, 6.45) is 1.39. The molecule has 0 fully saturated rings. The highest BCUT2D eigenvalue weighted by atomic mass is 35.5. The van der Waals surface area contributed by atoms with Crippen molar-refractivity contribution in [3.8, 4) is 0 Å². The average Bonchev–Trinajstić information content (AvgIpc) is 2.90. The number of hydrogen-bond donors (Lipinski definition) is 1. The molecule has 2 aromatic heterocycles. The van der Waals surface area contributed by atoms with Crippen LogP contribution in [0.5, 0.6) is 0 Å². The van der Waals surface area contributed by atoms with Crippen LogP contribution in [0, 0.1) is 19.0 Å². The van der Waals surface area contributed by atoms with E-state index in [4.69, 9.17) is 11.6 Å². The van der Waals surface area contributed by atoms with Crippen LogP contribution in [0.1, 0.15) is 16.3 Å². The van der Waals surface area contributed by atoms with Gasteiger partial charge in [0.2, 0.25) is 0 Å². The summed E-state index contributed by atoms with van der Waals surface area (Å²) < 4.78 is 14.2. The van der Waals surface area contributed by atoms with E-state index in [9.17, 15) is 9.18 Å². The quantitative estimate of drug-likeness (QED) is 0.696. The molecule has 5 nitrogen and oxygen atoms in total. The number of thiophene rings is 1. The molecule has 0 aliphatic heterocycles. The SMILES string of the molecule is Cc1nn(CC(=O)N/N=C/c2ccc(F)s2)c(C)c1Cl. The van der Waals surface area contributed by atoms with Gasteiger partial charge in [0.25, 0.3) is 5.91 Å². The number of carbonyl (C=O) groups is 1. The molecule has 0 atom stereocenters. The standard InChI is InChI=1S/C12H12ClFN4OS/c1-7-12(13)8(2)18(17-7)6-11(19)16-15-5-9-3-4-10(14)20-9/h3-5H,6H2,1-2H3,(H,16,19)/b15-5+. The topological polar surface area (TPSA) is 59.3 Å². The zero-order valence-electron chi connectivity index (χ0n) is 10.9. The molecule has 0 aliphatic carbocycles. The smallest absolute Gasteiger partial charge is 0.261 e. The van der Waals surface area contributed by atoms with Crippen LogP contribution in [0.3, 0.4) is 0 Å². The maximum Gasteiger partial charge on any atom is 0.261 e. The first-order chi connectivity index (χ1) is 9.47. The molecule has 106 valence electrons. The van der Waals surface area contributed by atoms with Crippen molar-refractivity contribution in [1.82, 2.24) is 15.2 Å². The molecule has 0 aliphatic rings. The lowest BCUT2D eigenvalue weighted by molar-refractivity contribution is -0.121. The van der Waals surface area contributed by atoms with Crippen LogP contribution >= 0.6 is 22.9 Å². The van der Waals surface area contributed by atoms with Gasteiger partial charge in [0, 0.05) is 0 Å². The van der Waals surface area contributed by atoms with Crippen LogP contribution < -0.4 is 5.43 Å². The van der Waals surface area contributed by atoms with Gasteiger partial charge in [-0.05, 0) is 26.0 Å². The van der Waals surface area contributed by atoms with Crippen molar-refractivity contribution in [2.45, 2.75) is 20.4 Å². The van der Waals surface area contributed by atoms with Crippen LogP contribution in [0.2, 0.25) is 5.02 Å². The largest absolute Gasteiger partial charge is 0.271 e. The Kier molecular flexibility index (Phi) is 4.51. The molecule has 1 N–H and O–H groups in total. The zero-order valence-corrected chi connectivity index (χ0v) is 12.4. The third kappa shape index (κ3) is 3.43. The second-order valence-corrected chi connectivity index (χ2v) is 5.52. The zero-order chi connectivity index (χ0) is 14.7. The van der Waals surface area contributed by atoms with E-state index in [2.05, 4.69) is 15.6 Å². The number of hydrogen-bond acceptors (Lipinski definition) is 4. The highest BCUT2D eigenvalue weighted by molar-refractivity contribution is 7.12. The predicted molar refractivity (Wildman–Crippen MR) is 76.7 cm³/mol. The van der Waals surface area contributed by atoms with Gasteiger partial charge in [-0.25, -0.2) is 5.43 Å². The molecule has 1 amide bonds. The van der Waals surface area contributed by atoms with Gasteiger partial charge < -0.3 is 0 Å². The maximum absolute atomic E-state index is 12.7. The van der Waals surface area contributed by atoms with Gasteiger partial charge in [0.1, 0.15) is 6.54 Å². The minimum Gasteiger partial charge on any atom is -0.271 e. The van der Waals surface area contributed by atoms with E-state index in [-0.39, 0.29) is 17.6 Å². The van der Waals surface area contributed by atoms with Gasteiger partial charge in [-0.2, -0.15) is 14.6 Å². The van der Waals surface area contributed by atoms with Crippen LogP contribution in [0.4, 0.5) is 4.39 Å². The van der Waals surface area contributed by atoms with Crippen molar-refractivity contribution in [3.63, 3.8) is 0 Å². The molecular formula is C12H12ClFN4OS. The molecule has 0 saturated heterocycles. The lowest BCUT2D eigenvalue weighted by atomic mass is 10.4. The summed E-state index contributed by atoms with van der Waals surface area (Å²) >= 11 is 6.94. The van der Waals surface area contributed by atoms with E-state index < -0.39 is 0 Å². The van der Waals surface area contributed by atoms with Gasteiger partial charge in [-0.15, -0.1) is 11.3 Å². The average molecular weight is 315 g/mol. The molecular weight excluding hydrogens is 303 g/mol. The van der Waals surface area contributed by atoms with Crippen molar-refractivity contribution in [1.29, 1.82) is 0 Å². The fourth-order valence-electron chi connectivity index (χ4n) is 1.57. The molecule has 0 unspecified atom stereocenters.